The van der Waals surface area contributed by atoms with E-state index in [0.29, 0.717) is 6.42 Å². The highest BCUT2D eigenvalue weighted by Gasteiger charge is 2.16. The normalized spacial score (nSPS) is 11.1. The molecule has 2 N–H and O–H groups in total. The molecule has 0 aromatic rings. The molecule has 0 spiro atoms. The van der Waals surface area contributed by atoms with Gasteiger partial charge in [0.2, 0.25) is 11.8 Å². The molecule has 0 unspecified atom stereocenters. The van der Waals surface area contributed by atoms with E-state index in [-0.39, 0.29) is 36.9 Å². The first-order valence-corrected chi connectivity index (χ1v) is 5.38. The van der Waals surface area contributed by atoms with E-state index in [4.69, 9.17) is 5.11 Å². The average molecular weight is 230 g/mol. The largest absolute Gasteiger partial charge is 0.395 e. The van der Waals surface area contributed by atoms with Crippen molar-refractivity contribution in [1.82, 2.24) is 10.2 Å². The summed E-state index contributed by atoms with van der Waals surface area (Å²) in [7, 11) is 1.59. The highest BCUT2D eigenvalue weighted by Crippen LogP contribution is 2.17. The summed E-state index contributed by atoms with van der Waals surface area (Å²) in [6.07, 6.45) is 0.393. The minimum absolute atomic E-state index is 0.00852. The van der Waals surface area contributed by atoms with Crippen LogP contribution < -0.4 is 5.32 Å². The van der Waals surface area contributed by atoms with Gasteiger partial charge in [0.25, 0.3) is 0 Å². The van der Waals surface area contributed by atoms with Gasteiger partial charge in [-0.15, -0.1) is 0 Å². The second-order valence-electron chi connectivity index (χ2n) is 5.05. The van der Waals surface area contributed by atoms with E-state index in [0.717, 1.165) is 0 Å². The molecule has 5 heteroatoms. The van der Waals surface area contributed by atoms with E-state index in [2.05, 4.69) is 5.32 Å². The molecular formula is C11H22N2O3. The van der Waals surface area contributed by atoms with Crippen molar-refractivity contribution in [1.29, 1.82) is 0 Å². The van der Waals surface area contributed by atoms with Gasteiger partial charge in [0.1, 0.15) is 0 Å². The van der Waals surface area contributed by atoms with Crippen LogP contribution in [0.1, 0.15) is 27.2 Å². The lowest BCUT2D eigenvalue weighted by molar-refractivity contribution is -0.132. The van der Waals surface area contributed by atoms with Gasteiger partial charge in [0, 0.05) is 20.0 Å². The zero-order chi connectivity index (χ0) is 12.8. The van der Waals surface area contributed by atoms with Crippen LogP contribution in [-0.2, 0) is 9.59 Å². The second kappa shape index (κ2) is 6.48. The van der Waals surface area contributed by atoms with Gasteiger partial charge in [-0.2, -0.15) is 0 Å². The van der Waals surface area contributed by atoms with Crippen molar-refractivity contribution in [2.45, 2.75) is 27.2 Å². The molecule has 0 bridgehead atoms. The summed E-state index contributed by atoms with van der Waals surface area (Å²) in [5.41, 5.74) is -0.0792. The number of hydrogen-bond donors (Lipinski definition) is 2. The van der Waals surface area contributed by atoms with E-state index in [1.165, 1.54) is 4.90 Å². The van der Waals surface area contributed by atoms with Gasteiger partial charge in [-0.05, 0) is 5.41 Å². The van der Waals surface area contributed by atoms with Gasteiger partial charge in [0.15, 0.2) is 0 Å². The molecule has 0 aliphatic carbocycles. The van der Waals surface area contributed by atoms with Crippen LogP contribution in [0.3, 0.4) is 0 Å². The molecule has 0 aromatic carbocycles. The van der Waals surface area contributed by atoms with Gasteiger partial charge >= 0.3 is 0 Å². The molecule has 0 aliphatic rings. The van der Waals surface area contributed by atoms with Crippen LogP contribution in [0, 0.1) is 5.41 Å². The van der Waals surface area contributed by atoms with Crippen LogP contribution in [0.25, 0.3) is 0 Å². The zero-order valence-corrected chi connectivity index (χ0v) is 10.5. The minimum Gasteiger partial charge on any atom is -0.395 e. The predicted molar refractivity (Wildman–Crippen MR) is 61.8 cm³/mol. The van der Waals surface area contributed by atoms with Crippen LogP contribution in [0.5, 0.6) is 0 Å². The number of carbonyl (C=O) groups excluding carboxylic acids is 2. The van der Waals surface area contributed by atoms with Crippen molar-refractivity contribution in [3.63, 3.8) is 0 Å². The Kier molecular flexibility index (Phi) is 6.03. The molecule has 0 aromatic heterocycles. The smallest absolute Gasteiger partial charge is 0.241 e. The number of likely N-dealkylation sites (N-methyl/N-ethyl adjacent to an activating group) is 1. The Hall–Kier alpha value is -1.10. The zero-order valence-electron chi connectivity index (χ0n) is 10.5. The number of nitrogens with one attached hydrogen (secondary N) is 1. The van der Waals surface area contributed by atoms with Gasteiger partial charge in [-0.1, -0.05) is 20.8 Å². The quantitative estimate of drug-likeness (QED) is 0.698. The van der Waals surface area contributed by atoms with Gasteiger partial charge < -0.3 is 15.3 Å². The minimum atomic E-state index is -0.198. The Bertz CT molecular complexity index is 246. The third kappa shape index (κ3) is 7.23. The number of aliphatic hydroxyl groups excluding tert-OH is 1. The third-order valence-electron chi connectivity index (χ3n) is 1.99. The van der Waals surface area contributed by atoms with Crippen molar-refractivity contribution >= 4 is 11.8 Å². The van der Waals surface area contributed by atoms with E-state index in [1.807, 2.05) is 20.8 Å². The summed E-state index contributed by atoms with van der Waals surface area (Å²) in [5, 5.41) is 11.2. The molecule has 2 amide bonds. The van der Waals surface area contributed by atoms with Crippen molar-refractivity contribution in [2.24, 2.45) is 5.41 Å². The number of aliphatic hydroxyl groups is 1. The summed E-state index contributed by atoms with van der Waals surface area (Å²) in [5.74, 6) is -0.324. The topological polar surface area (TPSA) is 69.6 Å². The highest BCUT2D eigenvalue weighted by molar-refractivity contribution is 5.84. The van der Waals surface area contributed by atoms with Crippen LogP contribution in [0.2, 0.25) is 0 Å². The molecule has 0 radical (unpaired) electrons. The van der Waals surface area contributed by atoms with Crippen LogP contribution in [0.15, 0.2) is 0 Å². The average Bonchev–Trinajstić information content (AvgIpc) is 2.11. The molecule has 0 heterocycles. The second-order valence-corrected chi connectivity index (χ2v) is 5.05. The van der Waals surface area contributed by atoms with Crippen molar-refractivity contribution in [2.75, 3.05) is 26.7 Å². The van der Waals surface area contributed by atoms with E-state index in [1.54, 1.807) is 7.05 Å². The van der Waals surface area contributed by atoms with Gasteiger partial charge in [-0.3, -0.25) is 9.59 Å². The SMILES string of the molecule is CN(CCO)C(=O)CNC(=O)CC(C)(C)C. The van der Waals surface area contributed by atoms with Crippen LogP contribution in [0.4, 0.5) is 0 Å². The van der Waals surface area contributed by atoms with E-state index in [9.17, 15) is 9.59 Å². The molecule has 5 nitrogen and oxygen atoms in total. The number of rotatable bonds is 5. The molecule has 0 saturated heterocycles. The van der Waals surface area contributed by atoms with Crippen LogP contribution >= 0.6 is 0 Å². The molecule has 0 saturated carbocycles. The summed E-state index contributed by atoms with van der Waals surface area (Å²) < 4.78 is 0. The highest BCUT2D eigenvalue weighted by atomic mass is 16.3. The maximum absolute atomic E-state index is 11.4. The summed E-state index contributed by atoms with van der Waals surface area (Å²) >= 11 is 0. The number of carbonyl (C=O) groups is 2. The molecule has 0 rings (SSSR count). The molecule has 16 heavy (non-hydrogen) atoms. The predicted octanol–water partition coefficient (Wildman–Crippen LogP) is -0.0105. The van der Waals surface area contributed by atoms with Gasteiger partial charge in [-0.25, -0.2) is 0 Å². The first kappa shape index (κ1) is 14.9. The number of hydrogen-bond acceptors (Lipinski definition) is 3. The summed E-state index contributed by atoms with van der Waals surface area (Å²) in [6, 6.07) is 0. The van der Waals surface area contributed by atoms with Gasteiger partial charge in [0.05, 0.1) is 13.2 Å². The van der Waals surface area contributed by atoms with Crippen LogP contribution in [-0.4, -0.2) is 48.6 Å². The van der Waals surface area contributed by atoms with E-state index < -0.39 is 0 Å². The Balaban J connectivity index is 3.88. The fourth-order valence-electron chi connectivity index (χ4n) is 1.13. The standard InChI is InChI=1S/C11H22N2O3/c1-11(2,3)7-9(15)12-8-10(16)13(4)5-6-14/h14H,5-8H2,1-4H3,(H,12,15). The summed E-state index contributed by atoms with van der Waals surface area (Å²) in [4.78, 5) is 24.2. The van der Waals surface area contributed by atoms with Crippen molar-refractivity contribution < 1.29 is 14.7 Å². The summed E-state index contributed by atoms with van der Waals surface area (Å²) in [6.45, 7) is 6.10. The Morgan fingerprint density at radius 3 is 2.31 bits per heavy atom. The molecule has 0 atom stereocenters. The molecule has 0 fully saturated rings. The Morgan fingerprint density at radius 2 is 1.88 bits per heavy atom. The Morgan fingerprint density at radius 1 is 1.31 bits per heavy atom. The molecule has 94 valence electrons. The number of amides is 2. The van der Waals surface area contributed by atoms with Crippen molar-refractivity contribution in [3.05, 3.63) is 0 Å². The third-order valence-corrected chi connectivity index (χ3v) is 1.99. The van der Waals surface area contributed by atoms with E-state index >= 15 is 0 Å². The molecule has 0 aliphatic heterocycles. The fraction of sp³-hybridized carbons (Fsp3) is 0.818. The first-order valence-electron chi connectivity index (χ1n) is 5.38. The lowest BCUT2D eigenvalue weighted by Crippen LogP contribution is -2.40. The fourth-order valence-corrected chi connectivity index (χ4v) is 1.13. The molecular weight excluding hydrogens is 208 g/mol. The lowest BCUT2D eigenvalue weighted by atomic mass is 9.92. The monoisotopic (exact) mass is 230 g/mol. The number of nitrogens with zero attached hydrogens (tertiary/aromatic N) is 1. The van der Waals surface area contributed by atoms with Crippen molar-refractivity contribution in [3.8, 4) is 0 Å². The maximum Gasteiger partial charge on any atom is 0.241 e. The maximum atomic E-state index is 11.4. The Labute approximate surface area is 96.8 Å². The first-order chi connectivity index (χ1) is 7.26. The lowest BCUT2D eigenvalue weighted by Gasteiger charge is -2.19.